The number of hydroxylamine groups is 2. The molecule has 6 nitrogen and oxygen atoms in total. The molecule has 126 valence electrons. The van der Waals surface area contributed by atoms with Crippen LogP contribution in [0.5, 0.6) is 0 Å². The van der Waals surface area contributed by atoms with Crippen molar-refractivity contribution in [3.8, 4) is 6.07 Å². The number of halogens is 1. The number of nitriles is 1. The highest BCUT2D eigenvalue weighted by Gasteiger charge is 2.29. The molecule has 1 unspecified atom stereocenters. The van der Waals surface area contributed by atoms with E-state index in [4.69, 9.17) is 15.1 Å². The highest BCUT2D eigenvalue weighted by Crippen LogP contribution is 2.27. The molecule has 23 heavy (non-hydrogen) atoms. The molecule has 1 aromatic carbocycles. The topological polar surface area (TPSA) is 93.8 Å². The van der Waals surface area contributed by atoms with Gasteiger partial charge < -0.3 is 9.84 Å². The second kappa shape index (κ2) is 7.40. The molecule has 2 N–H and O–H groups in total. The molecule has 0 heterocycles. The van der Waals surface area contributed by atoms with Gasteiger partial charge in [0.2, 0.25) is 0 Å². The van der Waals surface area contributed by atoms with E-state index in [-0.39, 0.29) is 29.7 Å². The van der Waals surface area contributed by atoms with Gasteiger partial charge in [-0.05, 0) is 51.8 Å². The highest BCUT2D eigenvalue weighted by atomic mass is 19.1. The van der Waals surface area contributed by atoms with E-state index in [0.717, 1.165) is 6.07 Å². The second-order valence-electron chi connectivity index (χ2n) is 6.14. The third-order valence-electron chi connectivity index (χ3n) is 3.15. The van der Waals surface area contributed by atoms with Gasteiger partial charge in [-0.1, -0.05) is 0 Å². The number of benzene rings is 1. The standard InChI is InChI=1S/C16H21FN2O4/c1-10-12(9-18)7-11(8-13(10)17)14(5-6-20)19(22)15(21)23-16(2,3)4/h7-8,14,20,22H,5-6H2,1-4H3. The summed E-state index contributed by atoms with van der Waals surface area (Å²) in [6.07, 6.45) is -1.06. The van der Waals surface area contributed by atoms with E-state index in [1.165, 1.54) is 13.0 Å². The predicted octanol–water partition coefficient (Wildman–Crippen LogP) is 3.06. The molecular weight excluding hydrogens is 303 g/mol. The van der Waals surface area contributed by atoms with Crippen molar-refractivity contribution in [3.63, 3.8) is 0 Å². The van der Waals surface area contributed by atoms with Crippen molar-refractivity contribution in [3.05, 3.63) is 34.6 Å². The van der Waals surface area contributed by atoms with Crippen molar-refractivity contribution in [2.75, 3.05) is 6.61 Å². The lowest BCUT2D eigenvalue weighted by Crippen LogP contribution is -2.37. The number of nitrogens with zero attached hydrogens (tertiary/aromatic N) is 2. The Bertz CT molecular complexity index is 620. The number of aliphatic hydroxyl groups is 1. The second-order valence-corrected chi connectivity index (χ2v) is 6.14. The number of ether oxygens (including phenoxy) is 1. The normalized spacial score (nSPS) is 12.4. The van der Waals surface area contributed by atoms with E-state index >= 15 is 0 Å². The van der Waals surface area contributed by atoms with Crippen LogP contribution in [0, 0.1) is 24.1 Å². The molecule has 0 radical (unpaired) electrons. The Balaban J connectivity index is 3.19. The van der Waals surface area contributed by atoms with Crippen molar-refractivity contribution in [1.82, 2.24) is 5.06 Å². The molecule has 0 aliphatic rings. The first-order chi connectivity index (χ1) is 10.6. The fourth-order valence-corrected chi connectivity index (χ4v) is 2.00. The Morgan fingerprint density at radius 1 is 1.48 bits per heavy atom. The van der Waals surface area contributed by atoms with Crippen LogP contribution in [0.1, 0.15) is 49.9 Å². The van der Waals surface area contributed by atoms with Gasteiger partial charge in [0.05, 0.1) is 17.7 Å². The van der Waals surface area contributed by atoms with Crippen LogP contribution < -0.4 is 0 Å². The van der Waals surface area contributed by atoms with Crippen LogP contribution in [0.15, 0.2) is 12.1 Å². The van der Waals surface area contributed by atoms with E-state index in [1.807, 2.05) is 6.07 Å². The largest absolute Gasteiger partial charge is 0.442 e. The monoisotopic (exact) mass is 324 g/mol. The Hall–Kier alpha value is -2.17. The van der Waals surface area contributed by atoms with Crippen LogP contribution in [0.3, 0.4) is 0 Å². The van der Waals surface area contributed by atoms with Crippen LogP contribution in [-0.4, -0.2) is 33.7 Å². The molecule has 1 atom stereocenters. The number of amides is 1. The number of carbonyl (C=O) groups is 1. The summed E-state index contributed by atoms with van der Waals surface area (Å²) >= 11 is 0. The minimum absolute atomic E-state index is 0.0386. The quantitative estimate of drug-likeness (QED) is 0.656. The smallest absolute Gasteiger partial charge is 0.434 e. The molecule has 0 aliphatic heterocycles. The van der Waals surface area contributed by atoms with E-state index in [0.29, 0.717) is 5.06 Å². The minimum atomic E-state index is -1.03. The number of hydrogen-bond acceptors (Lipinski definition) is 5. The number of aliphatic hydroxyl groups excluding tert-OH is 1. The van der Waals surface area contributed by atoms with E-state index < -0.39 is 23.6 Å². The molecule has 0 saturated heterocycles. The lowest BCUT2D eigenvalue weighted by Gasteiger charge is -2.29. The van der Waals surface area contributed by atoms with E-state index in [2.05, 4.69) is 0 Å². The summed E-state index contributed by atoms with van der Waals surface area (Å²) in [6, 6.07) is 3.34. The van der Waals surface area contributed by atoms with Crippen molar-refractivity contribution < 1.29 is 24.2 Å². The van der Waals surface area contributed by atoms with Crippen molar-refractivity contribution in [1.29, 1.82) is 5.26 Å². The Labute approximate surface area is 134 Å². The van der Waals surface area contributed by atoms with Gasteiger partial charge in [-0.25, -0.2) is 9.18 Å². The average Bonchev–Trinajstić information content (AvgIpc) is 2.45. The molecule has 1 amide bonds. The summed E-state index contributed by atoms with van der Waals surface area (Å²) in [5.41, 5.74) is -0.341. The zero-order chi connectivity index (χ0) is 17.8. The first-order valence-corrected chi connectivity index (χ1v) is 7.12. The van der Waals surface area contributed by atoms with Crippen LogP contribution in [0.4, 0.5) is 9.18 Å². The van der Waals surface area contributed by atoms with Crippen molar-refractivity contribution in [2.24, 2.45) is 0 Å². The fraction of sp³-hybridized carbons (Fsp3) is 0.500. The predicted molar refractivity (Wildman–Crippen MR) is 80.2 cm³/mol. The zero-order valence-corrected chi connectivity index (χ0v) is 13.6. The van der Waals surface area contributed by atoms with Crippen molar-refractivity contribution >= 4 is 6.09 Å². The Morgan fingerprint density at radius 3 is 2.57 bits per heavy atom. The van der Waals surface area contributed by atoms with Gasteiger partial charge in [0.15, 0.2) is 0 Å². The Kier molecular flexibility index (Phi) is 6.07. The van der Waals surface area contributed by atoms with Crippen LogP contribution in [0.2, 0.25) is 0 Å². The first-order valence-electron chi connectivity index (χ1n) is 7.12. The fourth-order valence-electron chi connectivity index (χ4n) is 2.00. The lowest BCUT2D eigenvalue weighted by molar-refractivity contribution is -0.125. The SMILES string of the molecule is Cc1c(F)cc(C(CCO)N(O)C(=O)OC(C)(C)C)cc1C#N. The molecule has 1 rings (SSSR count). The molecule has 0 spiro atoms. The third kappa shape index (κ3) is 4.91. The molecule has 1 aromatic rings. The third-order valence-corrected chi connectivity index (χ3v) is 3.15. The summed E-state index contributed by atoms with van der Waals surface area (Å²) in [7, 11) is 0. The lowest BCUT2D eigenvalue weighted by atomic mass is 9.98. The van der Waals surface area contributed by atoms with Gasteiger partial charge >= 0.3 is 6.09 Å². The van der Waals surface area contributed by atoms with E-state index in [9.17, 15) is 14.4 Å². The summed E-state index contributed by atoms with van der Waals surface area (Å²) in [5.74, 6) is -0.625. The maximum atomic E-state index is 13.9. The van der Waals surface area contributed by atoms with Gasteiger partial charge in [-0.15, -0.1) is 0 Å². The van der Waals surface area contributed by atoms with Gasteiger partial charge in [0, 0.05) is 12.2 Å². The maximum absolute atomic E-state index is 13.9. The molecule has 0 aliphatic carbocycles. The molecule has 7 heteroatoms. The van der Waals surface area contributed by atoms with Crippen LogP contribution >= 0.6 is 0 Å². The summed E-state index contributed by atoms with van der Waals surface area (Å²) < 4.78 is 19.0. The van der Waals surface area contributed by atoms with Gasteiger partial charge in [-0.2, -0.15) is 10.3 Å². The molecule has 0 aromatic heterocycles. The van der Waals surface area contributed by atoms with Crippen LogP contribution in [-0.2, 0) is 4.74 Å². The molecular formula is C16H21FN2O4. The molecule has 0 bridgehead atoms. The summed E-state index contributed by atoms with van der Waals surface area (Å²) in [6.45, 7) is 6.03. The first kappa shape index (κ1) is 18.9. The van der Waals surface area contributed by atoms with Crippen molar-refractivity contribution in [2.45, 2.75) is 45.8 Å². The minimum Gasteiger partial charge on any atom is -0.442 e. The number of rotatable bonds is 4. The van der Waals surface area contributed by atoms with Gasteiger partial charge in [0.1, 0.15) is 11.4 Å². The summed E-state index contributed by atoms with van der Waals surface area (Å²) in [4.78, 5) is 12.0. The number of hydrogen-bond donors (Lipinski definition) is 2. The Morgan fingerprint density at radius 2 is 2.09 bits per heavy atom. The van der Waals surface area contributed by atoms with Gasteiger partial charge in [0.25, 0.3) is 0 Å². The van der Waals surface area contributed by atoms with E-state index in [1.54, 1.807) is 20.8 Å². The molecule has 0 fully saturated rings. The maximum Gasteiger partial charge on any atom is 0.434 e. The van der Waals surface area contributed by atoms with Gasteiger partial charge in [-0.3, -0.25) is 5.21 Å². The average molecular weight is 324 g/mol. The summed E-state index contributed by atoms with van der Waals surface area (Å²) in [5, 5.41) is 28.6. The highest BCUT2D eigenvalue weighted by molar-refractivity contribution is 5.67. The molecule has 0 saturated carbocycles. The van der Waals surface area contributed by atoms with Crippen LogP contribution in [0.25, 0.3) is 0 Å². The number of carbonyl (C=O) groups excluding carboxylic acids is 1. The zero-order valence-electron chi connectivity index (χ0n) is 13.6.